The van der Waals surface area contributed by atoms with E-state index in [4.69, 9.17) is 32.7 Å². The Balaban J connectivity index is 1.95. The minimum Gasteiger partial charge on any atom is -0.496 e. The molecule has 1 fully saturated rings. The Morgan fingerprint density at radius 3 is 2.63 bits per heavy atom. The summed E-state index contributed by atoms with van der Waals surface area (Å²) in [6, 6.07) is 5.36. The Hall–Kier alpha value is -1.32. The van der Waals surface area contributed by atoms with Crippen molar-refractivity contribution in [2.75, 3.05) is 26.9 Å². The van der Waals surface area contributed by atoms with E-state index >= 15 is 0 Å². The van der Waals surface area contributed by atoms with Crippen molar-refractivity contribution in [1.29, 1.82) is 0 Å². The standard InChI is InChI=1S/C17H21Cl2N3O4S/c1-22-11-20-16(15(22)19)27(23,24)21-10-17(5-7-26-8-6-17)13-9-12(18)3-4-14(13)25-2/h3-4,9,11,21H,5-8,10H2,1-2H3. The lowest BCUT2D eigenvalue weighted by Crippen LogP contribution is -2.44. The van der Waals surface area contributed by atoms with Gasteiger partial charge in [-0.25, -0.2) is 18.1 Å². The van der Waals surface area contributed by atoms with E-state index in [9.17, 15) is 8.42 Å². The summed E-state index contributed by atoms with van der Waals surface area (Å²) in [6.07, 6.45) is 2.62. The fourth-order valence-electron chi connectivity index (χ4n) is 3.27. The van der Waals surface area contributed by atoms with Gasteiger partial charge in [0.2, 0.25) is 5.03 Å². The van der Waals surface area contributed by atoms with Gasteiger partial charge in [-0.1, -0.05) is 23.2 Å². The van der Waals surface area contributed by atoms with Crippen molar-refractivity contribution in [3.63, 3.8) is 0 Å². The van der Waals surface area contributed by atoms with Crippen LogP contribution in [-0.4, -0.2) is 44.8 Å². The molecule has 27 heavy (non-hydrogen) atoms. The smallest absolute Gasteiger partial charge is 0.261 e. The Morgan fingerprint density at radius 1 is 1.33 bits per heavy atom. The van der Waals surface area contributed by atoms with Gasteiger partial charge in [0.1, 0.15) is 10.9 Å². The maximum absolute atomic E-state index is 12.7. The van der Waals surface area contributed by atoms with Gasteiger partial charge >= 0.3 is 0 Å². The van der Waals surface area contributed by atoms with Crippen LogP contribution >= 0.6 is 23.2 Å². The van der Waals surface area contributed by atoms with Crippen LogP contribution in [0.3, 0.4) is 0 Å². The zero-order valence-electron chi connectivity index (χ0n) is 15.0. The number of aromatic nitrogens is 2. The number of benzene rings is 1. The van der Waals surface area contributed by atoms with Gasteiger partial charge in [-0.2, -0.15) is 0 Å². The third-order valence-electron chi connectivity index (χ3n) is 4.87. The molecule has 1 N–H and O–H groups in total. The molecule has 1 aromatic carbocycles. The number of sulfonamides is 1. The summed E-state index contributed by atoms with van der Waals surface area (Å²) in [7, 11) is -0.663. The molecule has 2 aromatic rings. The molecule has 0 amide bonds. The summed E-state index contributed by atoms with van der Waals surface area (Å²) in [5, 5.41) is 0.433. The molecule has 10 heteroatoms. The van der Waals surface area contributed by atoms with E-state index in [2.05, 4.69) is 9.71 Å². The van der Waals surface area contributed by atoms with Gasteiger partial charge in [0, 0.05) is 42.8 Å². The summed E-state index contributed by atoms with van der Waals surface area (Å²) in [5.41, 5.74) is 0.346. The molecule has 0 bridgehead atoms. The van der Waals surface area contributed by atoms with Crippen molar-refractivity contribution in [2.24, 2.45) is 7.05 Å². The third kappa shape index (κ3) is 4.09. The number of hydrogen-bond donors (Lipinski definition) is 1. The van der Waals surface area contributed by atoms with Gasteiger partial charge in [-0.15, -0.1) is 0 Å². The average molecular weight is 434 g/mol. The second-order valence-corrected chi connectivity index (χ2v) is 8.99. The molecule has 1 aliphatic rings. The fraction of sp³-hybridized carbons (Fsp3) is 0.471. The van der Waals surface area contributed by atoms with Crippen molar-refractivity contribution in [2.45, 2.75) is 23.3 Å². The lowest BCUT2D eigenvalue weighted by Gasteiger charge is -2.38. The number of methoxy groups -OCH3 is 1. The first-order valence-electron chi connectivity index (χ1n) is 8.37. The molecule has 0 atom stereocenters. The van der Waals surface area contributed by atoms with E-state index < -0.39 is 15.4 Å². The Morgan fingerprint density at radius 2 is 2.04 bits per heavy atom. The van der Waals surface area contributed by atoms with Gasteiger partial charge in [0.25, 0.3) is 10.0 Å². The SMILES string of the molecule is COc1ccc(Cl)cc1C1(CNS(=O)(=O)c2ncn(C)c2Cl)CCOCC1. The van der Waals surface area contributed by atoms with Crippen LogP contribution < -0.4 is 9.46 Å². The molecule has 0 unspecified atom stereocenters. The number of aryl methyl sites for hydroxylation is 1. The highest BCUT2D eigenvalue weighted by Gasteiger charge is 2.38. The van der Waals surface area contributed by atoms with Crippen LogP contribution in [0.4, 0.5) is 0 Å². The van der Waals surface area contributed by atoms with Gasteiger partial charge < -0.3 is 14.0 Å². The molecule has 0 aliphatic carbocycles. The molecule has 0 spiro atoms. The van der Waals surface area contributed by atoms with E-state index in [0.29, 0.717) is 36.8 Å². The minimum atomic E-state index is -3.87. The highest BCUT2D eigenvalue weighted by Crippen LogP contribution is 2.41. The Labute approximate surface area is 168 Å². The van der Waals surface area contributed by atoms with Gasteiger partial charge in [0.05, 0.1) is 13.4 Å². The van der Waals surface area contributed by atoms with Crippen LogP contribution in [0.15, 0.2) is 29.6 Å². The number of hydrogen-bond acceptors (Lipinski definition) is 5. The number of rotatable bonds is 6. The maximum Gasteiger partial charge on any atom is 0.261 e. The molecule has 7 nitrogen and oxygen atoms in total. The average Bonchev–Trinajstić information content (AvgIpc) is 3.00. The minimum absolute atomic E-state index is 0.0591. The van der Waals surface area contributed by atoms with Crippen LogP contribution in [0.25, 0.3) is 0 Å². The highest BCUT2D eigenvalue weighted by atomic mass is 35.5. The predicted octanol–water partition coefficient (Wildman–Crippen LogP) is 2.76. The zero-order chi connectivity index (χ0) is 19.7. The monoisotopic (exact) mass is 433 g/mol. The van der Waals surface area contributed by atoms with Gasteiger partial charge in [-0.3, -0.25) is 0 Å². The zero-order valence-corrected chi connectivity index (χ0v) is 17.4. The number of halogens is 2. The molecule has 0 saturated carbocycles. The fourth-order valence-corrected chi connectivity index (χ4v) is 5.00. The van der Waals surface area contributed by atoms with Gasteiger partial charge in [-0.05, 0) is 31.0 Å². The molecular formula is C17H21Cl2N3O4S. The first kappa shape index (κ1) is 20.4. The number of nitrogens with zero attached hydrogens (tertiary/aromatic N) is 2. The first-order valence-corrected chi connectivity index (χ1v) is 10.6. The maximum atomic E-state index is 12.7. The summed E-state index contributed by atoms with van der Waals surface area (Å²) in [6.45, 7) is 1.19. The Bertz CT molecular complexity index is 924. The highest BCUT2D eigenvalue weighted by molar-refractivity contribution is 7.89. The molecule has 1 aromatic heterocycles. The van der Waals surface area contributed by atoms with Crippen molar-refractivity contribution in [3.05, 3.63) is 40.3 Å². The van der Waals surface area contributed by atoms with Crippen molar-refractivity contribution in [3.8, 4) is 5.75 Å². The van der Waals surface area contributed by atoms with E-state index in [0.717, 1.165) is 5.56 Å². The Kier molecular flexibility index (Phi) is 6.02. The second kappa shape index (κ2) is 7.97. The summed E-state index contributed by atoms with van der Waals surface area (Å²) in [5.74, 6) is 0.663. The molecule has 1 aliphatic heterocycles. The van der Waals surface area contributed by atoms with E-state index in [1.807, 2.05) is 6.07 Å². The topological polar surface area (TPSA) is 82.5 Å². The van der Waals surface area contributed by atoms with Crippen LogP contribution in [0, 0.1) is 0 Å². The molecular weight excluding hydrogens is 413 g/mol. The van der Waals surface area contributed by atoms with E-state index in [1.165, 1.54) is 10.9 Å². The summed E-state index contributed by atoms with van der Waals surface area (Å²) < 4.78 is 40.6. The van der Waals surface area contributed by atoms with E-state index in [1.54, 1.807) is 26.3 Å². The van der Waals surface area contributed by atoms with E-state index in [-0.39, 0.29) is 16.7 Å². The number of imidazole rings is 1. The quantitative estimate of drug-likeness (QED) is 0.756. The second-order valence-electron chi connectivity index (χ2n) is 6.51. The number of ether oxygens (including phenoxy) is 2. The van der Waals surface area contributed by atoms with Crippen molar-refractivity contribution in [1.82, 2.24) is 14.3 Å². The lowest BCUT2D eigenvalue weighted by atomic mass is 9.74. The van der Waals surface area contributed by atoms with Crippen LogP contribution in [-0.2, 0) is 27.2 Å². The first-order chi connectivity index (χ1) is 12.8. The molecule has 3 rings (SSSR count). The van der Waals surface area contributed by atoms with Gasteiger partial charge in [0.15, 0.2) is 0 Å². The molecule has 2 heterocycles. The number of nitrogens with one attached hydrogen (secondary N) is 1. The lowest BCUT2D eigenvalue weighted by molar-refractivity contribution is 0.0509. The molecule has 1 saturated heterocycles. The van der Waals surface area contributed by atoms with Crippen LogP contribution in [0.2, 0.25) is 10.2 Å². The van der Waals surface area contributed by atoms with Crippen LogP contribution in [0.1, 0.15) is 18.4 Å². The normalized spacial score (nSPS) is 17.0. The predicted molar refractivity (Wildman–Crippen MR) is 103 cm³/mol. The molecule has 148 valence electrons. The molecule has 0 radical (unpaired) electrons. The summed E-state index contributed by atoms with van der Waals surface area (Å²) in [4.78, 5) is 3.90. The van der Waals surface area contributed by atoms with Crippen LogP contribution in [0.5, 0.6) is 5.75 Å². The van der Waals surface area contributed by atoms with Crippen molar-refractivity contribution >= 4 is 33.2 Å². The largest absolute Gasteiger partial charge is 0.496 e. The third-order valence-corrected chi connectivity index (χ3v) is 7.00. The summed E-state index contributed by atoms with van der Waals surface area (Å²) >= 11 is 12.3. The van der Waals surface area contributed by atoms with Crippen molar-refractivity contribution < 1.29 is 17.9 Å².